The van der Waals surface area contributed by atoms with Crippen LogP contribution in [0.1, 0.15) is 28.1 Å². The first-order chi connectivity index (χ1) is 15.0. The SMILES string of the molecule is Cc1c(OCCCBr)cccc1-c1cccc(-c2nc3c(s2)CN(C(=O)O)CC3)c1C. The number of ether oxygens (including phenoxy) is 1. The van der Waals surface area contributed by atoms with E-state index in [1.54, 1.807) is 11.3 Å². The average molecular weight is 501 g/mol. The van der Waals surface area contributed by atoms with Crippen LogP contribution >= 0.6 is 27.3 Å². The van der Waals surface area contributed by atoms with Gasteiger partial charge in [-0.15, -0.1) is 11.3 Å². The molecular formula is C24H25BrN2O3S. The Morgan fingerprint density at radius 1 is 1.16 bits per heavy atom. The van der Waals surface area contributed by atoms with E-state index in [1.807, 2.05) is 12.1 Å². The summed E-state index contributed by atoms with van der Waals surface area (Å²) in [4.78, 5) is 18.7. The second-order valence-corrected chi connectivity index (χ2v) is 9.52. The van der Waals surface area contributed by atoms with Crippen LogP contribution in [0.5, 0.6) is 5.75 Å². The molecule has 0 radical (unpaired) electrons. The lowest BCUT2D eigenvalue weighted by Crippen LogP contribution is -2.34. The van der Waals surface area contributed by atoms with E-state index < -0.39 is 6.09 Å². The maximum absolute atomic E-state index is 11.3. The van der Waals surface area contributed by atoms with Crippen LogP contribution in [0.25, 0.3) is 21.7 Å². The Morgan fingerprint density at radius 2 is 1.87 bits per heavy atom. The van der Waals surface area contributed by atoms with E-state index >= 15 is 0 Å². The minimum absolute atomic E-state index is 0.425. The van der Waals surface area contributed by atoms with Gasteiger partial charge in [-0.3, -0.25) is 0 Å². The molecule has 0 bridgehead atoms. The van der Waals surface area contributed by atoms with Gasteiger partial charge in [0.2, 0.25) is 0 Å². The normalized spacial score (nSPS) is 13.2. The second kappa shape index (κ2) is 9.40. The Hall–Kier alpha value is -2.38. The van der Waals surface area contributed by atoms with Gasteiger partial charge in [0.25, 0.3) is 0 Å². The van der Waals surface area contributed by atoms with Gasteiger partial charge in [0.1, 0.15) is 10.8 Å². The van der Waals surface area contributed by atoms with Crippen LogP contribution in [0, 0.1) is 13.8 Å². The molecule has 2 aromatic carbocycles. The zero-order chi connectivity index (χ0) is 22.0. The van der Waals surface area contributed by atoms with Gasteiger partial charge in [-0.2, -0.15) is 0 Å². The molecule has 5 nitrogen and oxygen atoms in total. The summed E-state index contributed by atoms with van der Waals surface area (Å²) >= 11 is 5.05. The number of hydrogen-bond acceptors (Lipinski definition) is 4. The molecule has 31 heavy (non-hydrogen) atoms. The van der Waals surface area contributed by atoms with Crippen molar-refractivity contribution >= 4 is 33.4 Å². The third-order valence-electron chi connectivity index (χ3n) is 5.68. The van der Waals surface area contributed by atoms with Crippen molar-refractivity contribution in [2.75, 3.05) is 18.5 Å². The first-order valence-corrected chi connectivity index (χ1v) is 12.3. The molecule has 0 spiro atoms. The highest BCUT2D eigenvalue weighted by molar-refractivity contribution is 9.09. The predicted octanol–water partition coefficient (Wildman–Crippen LogP) is 6.29. The number of fused-ring (bicyclic) bond motifs is 1. The largest absolute Gasteiger partial charge is 0.493 e. The number of carboxylic acid groups (broad SMARTS) is 1. The highest BCUT2D eigenvalue weighted by Gasteiger charge is 2.24. The number of hydrogen-bond donors (Lipinski definition) is 1. The fourth-order valence-electron chi connectivity index (χ4n) is 3.93. The number of thiazole rings is 1. The molecule has 0 fully saturated rings. The smallest absolute Gasteiger partial charge is 0.407 e. The van der Waals surface area contributed by atoms with Crippen molar-refractivity contribution in [2.45, 2.75) is 33.2 Å². The third-order valence-corrected chi connectivity index (χ3v) is 7.35. The number of aromatic nitrogens is 1. The Kier molecular flexibility index (Phi) is 6.62. The minimum Gasteiger partial charge on any atom is -0.493 e. The molecule has 7 heteroatoms. The third kappa shape index (κ3) is 4.48. The lowest BCUT2D eigenvalue weighted by molar-refractivity contribution is 0.140. The summed E-state index contributed by atoms with van der Waals surface area (Å²) in [6, 6.07) is 12.5. The zero-order valence-electron chi connectivity index (χ0n) is 17.7. The zero-order valence-corrected chi connectivity index (χ0v) is 20.1. The van der Waals surface area contributed by atoms with Gasteiger partial charge in [0.05, 0.1) is 18.8 Å². The predicted molar refractivity (Wildman–Crippen MR) is 129 cm³/mol. The first kappa shape index (κ1) is 21.8. The Labute approximate surface area is 194 Å². The van der Waals surface area contributed by atoms with Crippen molar-refractivity contribution in [3.05, 3.63) is 58.1 Å². The maximum atomic E-state index is 11.3. The van der Waals surface area contributed by atoms with Crippen LogP contribution < -0.4 is 4.74 Å². The van der Waals surface area contributed by atoms with Gasteiger partial charge >= 0.3 is 6.09 Å². The molecule has 4 rings (SSSR count). The minimum atomic E-state index is -0.868. The van der Waals surface area contributed by atoms with E-state index in [2.05, 4.69) is 54.0 Å². The van der Waals surface area contributed by atoms with Crippen molar-refractivity contribution in [1.82, 2.24) is 9.88 Å². The summed E-state index contributed by atoms with van der Waals surface area (Å²) in [6.07, 6.45) is 0.767. The summed E-state index contributed by atoms with van der Waals surface area (Å²) < 4.78 is 5.99. The highest BCUT2D eigenvalue weighted by atomic mass is 79.9. The number of amides is 1. The molecular weight excluding hydrogens is 476 g/mol. The van der Waals surface area contributed by atoms with Gasteiger partial charge in [-0.05, 0) is 48.6 Å². The van der Waals surface area contributed by atoms with Gasteiger partial charge in [0, 0.05) is 28.7 Å². The number of rotatable bonds is 6. The van der Waals surface area contributed by atoms with Crippen molar-refractivity contribution in [3.63, 3.8) is 0 Å². The molecule has 1 aromatic heterocycles. The molecule has 3 aromatic rings. The Bertz CT molecular complexity index is 1110. The van der Waals surface area contributed by atoms with Crippen LogP contribution in [-0.4, -0.2) is 39.6 Å². The highest BCUT2D eigenvalue weighted by Crippen LogP contribution is 2.38. The van der Waals surface area contributed by atoms with Crippen LogP contribution in [0.2, 0.25) is 0 Å². The van der Waals surface area contributed by atoms with Gasteiger partial charge in [-0.25, -0.2) is 9.78 Å². The lowest BCUT2D eigenvalue weighted by atomic mass is 9.93. The summed E-state index contributed by atoms with van der Waals surface area (Å²) in [6.45, 7) is 5.85. The molecule has 0 saturated heterocycles. The number of nitrogens with zero attached hydrogens (tertiary/aromatic N) is 2. The molecule has 0 saturated carbocycles. The number of alkyl halides is 1. The van der Waals surface area contributed by atoms with Crippen molar-refractivity contribution < 1.29 is 14.6 Å². The fourth-order valence-corrected chi connectivity index (χ4v) is 5.37. The molecule has 1 aliphatic heterocycles. The number of carbonyl (C=O) groups is 1. The van der Waals surface area contributed by atoms with Crippen LogP contribution in [-0.2, 0) is 13.0 Å². The topological polar surface area (TPSA) is 62.7 Å². The van der Waals surface area contributed by atoms with Crippen LogP contribution in [0.3, 0.4) is 0 Å². The van der Waals surface area contributed by atoms with E-state index in [0.29, 0.717) is 26.1 Å². The molecule has 0 aliphatic carbocycles. The standard InChI is InChI=1S/C24H25BrN2O3S/c1-15-17(18-7-4-9-21(16(18)2)30-13-5-11-25)6-3-8-19(15)23-26-20-10-12-27(24(28)29)14-22(20)31-23/h3-4,6-9H,5,10-14H2,1-2H3,(H,28,29). The lowest BCUT2D eigenvalue weighted by Gasteiger charge is -2.22. The summed E-state index contributed by atoms with van der Waals surface area (Å²) in [5, 5.41) is 11.2. The van der Waals surface area contributed by atoms with E-state index in [4.69, 9.17) is 9.72 Å². The van der Waals surface area contributed by atoms with Crippen molar-refractivity contribution in [3.8, 4) is 27.4 Å². The summed E-state index contributed by atoms with van der Waals surface area (Å²) in [5.74, 6) is 0.918. The van der Waals surface area contributed by atoms with Crippen LogP contribution in [0.15, 0.2) is 36.4 Å². The number of halogens is 1. The molecule has 2 heterocycles. The molecule has 0 atom stereocenters. The summed E-state index contributed by atoms with van der Waals surface area (Å²) in [5.41, 5.74) is 6.76. The first-order valence-electron chi connectivity index (χ1n) is 10.3. The van der Waals surface area contributed by atoms with Gasteiger partial charge in [0.15, 0.2) is 0 Å². The Balaban J connectivity index is 1.68. The van der Waals surface area contributed by atoms with E-state index in [-0.39, 0.29) is 0 Å². The molecule has 1 amide bonds. The maximum Gasteiger partial charge on any atom is 0.407 e. The monoisotopic (exact) mass is 500 g/mol. The fraction of sp³-hybridized carbons (Fsp3) is 0.333. The van der Waals surface area contributed by atoms with Crippen molar-refractivity contribution in [2.24, 2.45) is 0 Å². The van der Waals surface area contributed by atoms with Crippen LogP contribution in [0.4, 0.5) is 4.79 Å². The Morgan fingerprint density at radius 3 is 2.61 bits per heavy atom. The van der Waals surface area contributed by atoms with Crippen molar-refractivity contribution in [1.29, 1.82) is 0 Å². The molecule has 162 valence electrons. The van der Waals surface area contributed by atoms with E-state index in [9.17, 15) is 9.90 Å². The molecule has 1 N–H and O–H groups in total. The van der Waals surface area contributed by atoms with Gasteiger partial charge in [-0.1, -0.05) is 46.3 Å². The molecule has 0 unspecified atom stereocenters. The second-order valence-electron chi connectivity index (χ2n) is 7.64. The number of benzene rings is 2. The van der Waals surface area contributed by atoms with E-state index in [0.717, 1.165) is 49.8 Å². The van der Waals surface area contributed by atoms with Gasteiger partial charge < -0.3 is 14.7 Å². The quantitative estimate of drug-likeness (QED) is 0.318. The average Bonchev–Trinajstić information content (AvgIpc) is 3.18. The van der Waals surface area contributed by atoms with E-state index in [1.165, 1.54) is 16.0 Å². The molecule has 1 aliphatic rings. The summed E-state index contributed by atoms with van der Waals surface area (Å²) in [7, 11) is 0.